The highest BCUT2D eigenvalue weighted by Gasteiger charge is 2.29. The van der Waals surface area contributed by atoms with Gasteiger partial charge in [0.25, 0.3) is 0 Å². The number of nitrogens with one attached hydrogen (secondary N) is 1. The van der Waals surface area contributed by atoms with Crippen LogP contribution in [0, 0.1) is 6.92 Å². The summed E-state index contributed by atoms with van der Waals surface area (Å²) < 4.78 is 32.0. The Labute approximate surface area is 125 Å². The minimum absolute atomic E-state index is 0.386. The first-order valence-corrected chi connectivity index (χ1v) is 9.07. The lowest BCUT2D eigenvalue weighted by molar-refractivity contribution is 0.0730. The van der Waals surface area contributed by atoms with Crippen molar-refractivity contribution in [3.8, 4) is 0 Å². The fourth-order valence-corrected chi connectivity index (χ4v) is 5.06. The summed E-state index contributed by atoms with van der Waals surface area (Å²) in [5.41, 5.74) is 0. The molecule has 0 bridgehead atoms. The van der Waals surface area contributed by atoms with E-state index in [0.717, 1.165) is 9.75 Å². The van der Waals surface area contributed by atoms with E-state index < -0.39 is 10.0 Å². The van der Waals surface area contributed by atoms with Crippen LogP contribution in [0.1, 0.15) is 23.6 Å². The van der Waals surface area contributed by atoms with Crippen molar-refractivity contribution in [1.82, 2.24) is 9.62 Å². The number of morpholine rings is 1. The maximum absolute atomic E-state index is 12.6. The highest BCUT2D eigenvalue weighted by Crippen LogP contribution is 2.28. The highest BCUT2D eigenvalue weighted by atomic mass is 32.2. The first kappa shape index (κ1) is 15.9. The van der Waals surface area contributed by atoms with Gasteiger partial charge in [-0.2, -0.15) is 4.31 Å². The van der Waals surface area contributed by atoms with E-state index in [9.17, 15) is 8.42 Å². The molecule has 0 radical (unpaired) electrons. The number of thiophene rings is 1. The van der Waals surface area contributed by atoms with E-state index in [1.165, 1.54) is 4.31 Å². The monoisotopic (exact) mass is 318 g/mol. The molecule has 0 spiro atoms. The molecule has 0 unspecified atom stereocenters. The van der Waals surface area contributed by atoms with E-state index in [0.29, 0.717) is 43.8 Å². The molecule has 2 rings (SSSR count). The number of sulfonamides is 1. The molecular formula is C13H22N2O3S2. The number of nitrogens with zero attached hydrogens (tertiary/aromatic N) is 1. The predicted octanol–water partition coefficient (Wildman–Crippen LogP) is 1.58. The van der Waals surface area contributed by atoms with Crippen molar-refractivity contribution in [2.24, 2.45) is 0 Å². The fraction of sp³-hybridized carbons (Fsp3) is 0.692. The first-order valence-electron chi connectivity index (χ1n) is 6.82. The molecule has 1 aromatic rings. The average Bonchev–Trinajstić information content (AvgIpc) is 2.79. The zero-order valence-corrected chi connectivity index (χ0v) is 13.8. The van der Waals surface area contributed by atoms with Crippen LogP contribution in [0.3, 0.4) is 0 Å². The van der Waals surface area contributed by atoms with Crippen LogP contribution in [0.5, 0.6) is 0 Å². The Kier molecular flexibility index (Phi) is 5.19. The van der Waals surface area contributed by atoms with Gasteiger partial charge in [0.2, 0.25) is 10.0 Å². The molecule has 5 nitrogen and oxygen atoms in total. The van der Waals surface area contributed by atoms with Crippen molar-refractivity contribution in [2.75, 3.05) is 26.3 Å². The average molecular weight is 318 g/mol. The summed E-state index contributed by atoms with van der Waals surface area (Å²) in [6.45, 7) is 8.57. The predicted molar refractivity (Wildman–Crippen MR) is 80.6 cm³/mol. The molecule has 1 saturated heterocycles. The molecule has 0 aliphatic carbocycles. The van der Waals surface area contributed by atoms with E-state index in [1.54, 1.807) is 17.4 Å². The second kappa shape index (κ2) is 6.53. The molecule has 1 aliphatic heterocycles. The lowest BCUT2D eigenvalue weighted by atomic mass is 10.3. The van der Waals surface area contributed by atoms with Crippen molar-refractivity contribution in [3.05, 3.63) is 15.8 Å². The lowest BCUT2D eigenvalue weighted by Crippen LogP contribution is -2.40. The standard InChI is InChI=1S/C13H22N2O3S2/c1-10(2)14-9-12-8-13(11(3)19-12)20(16,17)15-4-6-18-7-5-15/h8,10,14H,4-7,9H2,1-3H3. The van der Waals surface area contributed by atoms with Crippen LogP contribution in [0.25, 0.3) is 0 Å². The number of hydrogen-bond acceptors (Lipinski definition) is 5. The molecule has 7 heteroatoms. The molecule has 0 amide bonds. The summed E-state index contributed by atoms with van der Waals surface area (Å²) in [5.74, 6) is 0. The molecule has 0 aromatic carbocycles. The quantitative estimate of drug-likeness (QED) is 0.895. The molecule has 0 atom stereocenters. The molecule has 114 valence electrons. The SMILES string of the molecule is Cc1sc(CNC(C)C)cc1S(=O)(=O)N1CCOCC1. The van der Waals surface area contributed by atoms with Gasteiger partial charge in [-0.1, -0.05) is 13.8 Å². The summed E-state index contributed by atoms with van der Waals surface area (Å²) in [4.78, 5) is 2.37. The number of ether oxygens (including phenoxy) is 1. The van der Waals surface area contributed by atoms with Gasteiger partial charge < -0.3 is 10.1 Å². The van der Waals surface area contributed by atoms with Crippen LogP contribution < -0.4 is 5.32 Å². The summed E-state index contributed by atoms with van der Waals surface area (Å²) in [7, 11) is -3.37. The van der Waals surface area contributed by atoms with Crippen LogP contribution in [-0.4, -0.2) is 45.1 Å². The third kappa shape index (κ3) is 3.59. The molecule has 2 heterocycles. The van der Waals surface area contributed by atoms with E-state index in [1.807, 2.05) is 6.92 Å². The van der Waals surface area contributed by atoms with Crippen LogP contribution in [0.2, 0.25) is 0 Å². The van der Waals surface area contributed by atoms with E-state index in [-0.39, 0.29) is 0 Å². The van der Waals surface area contributed by atoms with Crippen molar-refractivity contribution in [2.45, 2.75) is 38.3 Å². The van der Waals surface area contributed by atoms with Gasteiger partial charge in [-0.3, -0.25) is 0 Å². The maximum atomic E-state index is 12.6. The third-order valence-electron chi connectivity index (χ3n) is 3.20. The van der Waals surface area contributed by atoms with Gasteiger partial charge in [-0.05, 0) is 13.0 Å². The third-order valence-corrected chi connectivity index (χ3v) is 6.40. The van der Waals surface area contributed by atoms with Crippen molar-refractivity contribution >= 4 is 21.4 Å². The summed E-state index contributed by atoms with van der Waals surface area (Å²) in [6, 6.07) is 2.19. The molecule has 1 aliphatic rings. The summed E-state index contributed by atoms with van der Waals surface area (Å²) in [5, 5.41) is 3.32. The van der Waals surface area contributed by atoms with E-state index in [4.69, 9.17) is 4.74 Å². The van der Waals surface area contributed by atoms with Crippen LogP contribution in [0.15, 0.2) is 11.0 Å². The minimum Gasteiger partial charge on any atom is -0.379 e. The fourth-order valence-electron chi connectivity index (χ4n) is 2.10. The van der Waals surface area contributed by atoms with E-state index in [2.05, 4.69) is 19.2 Å². The van der Waals surface area contributed by atoms with Gasteiger partial charge >= 0.3 is 0 Å². The van der Waals surface area contributed by atoms with Gasteiger partial charge in [0.1, 0.15) is 0 Å². The van der Waals surface area contributed by atoms with Crippen molar-refractivity contribution < 1.29 is 13.2 Å². The Balaban J connectivity index is 2.18. The first-order chi connectivity index (χ1) is 9.41. The zero-order valence-electron chi connectivity index (χ0n) is 12.2. The summed E-state index contributed by atoms with van der Waals surface area (Å²) in [6.07, 6.45) is 0. The van der Waals surface area contributed by atoms with E-state index >= 15 is 0 Å². The molecule has 20 heavy (non-hydrogen) atoms. The van der Waals surface area contributed by atoms with Gasteiger partial charge in [-0.15, -0.1) is 11.3 Å². The topological polar surface area (TPSA) is 58.6 Å². The second-order valence-electron chi connectivity index (χ2n) is 5.19. The van der Waals surface area contributed by atoms with Crippen LogP contribution >= 0.6 is 11.3 Å². The zero-order chi connectivity index (χ0) is 14.8. The maximum Gasteiger partial charge on any atom is 0.244 e. The Morgan fingerprint density at radius 3 is 2.65 bits per heavy atom. The Hall–Kier alpha value is -0.470. The summed E-state index contributed by atoms with van der Waals surface area (Å²) >= 11 is 1.55. The number of rotatable bonds is 5. The lowest BCUT2D eigenvalue weighted by Gasteiger charge is -2.25. The number of aryl methyl sites for hydroxylation is 1. The Bertz CT molecular complexity index is 546. The van der Waals surface area contributed by atoms with Crippen LogP contribution in [-0.2, 0) is 21.3 Å². The minimum atomic E-state index is -3.37. The number of hydrogen-bond donors (Lipinski definition) is 1. The highest BCUT2D eigenvalue weighted by molar-refractivity contribution is 7.89. The molecule has 1 fully saturated rings. The van der Waals surface area contributed by atoms with Gasteiger partial charge in [0.15, 0.2) is 0 Å². The smallest absolute Gasteiger partial charge is 0.244 e. The Morgan fingerprint density at radius 1 is 1.40 bits per heavy atom. The Morgan fingerprint density at radius 2 is 2.05 bits per heavy atom. The molecule has 1 aromatic heterocycles. The van der Waals surface area contributed by atoms with Crippen molar-refractivity contribution in [3.63, 3.8) is 0 Å². The molecule has 0 saturated carbocycles. The molecular weight excluding hydrogens is 296 g/mol. The van der Waals surface area contributed by atoms with Crippen LogP contribution in [0.4, 0.5) is 0 Å². The largest absolute Gasteiger partial charge is 0.379 e. The van der Waals surface area contributed by atoms with Gasteiger partial charge in [0, 0.05) is 35.4 Å². The molecule has 1 N–H and O–H groups in total. The van der Waals surface area contributed by atoms with Crippen molar-refractivity contribution in [1.29, 1.82) is 0 Å². The van der Waals surface area contributed by atoms with Gasteiger partial charge in [0.05, 0.1) is 18.1 Å². The second-order valence-corrected chi connectivity index (χ2v) is 8.43. The van der Waals surface area contributed by atoms with Gasteiger partial charge in [-0.25, -0.2) is 8.42 Å². The normalized spacial score (nSPS) is 17.8.